The lowest BCUT2D eigenvalue weighted by Gasteiger charge is -2.08. The Labute approximate surface area is 150 Å². The minimum absolute atomic E-state index is 0.190. The average molecular weight is 364 g/mol. The molecule has 0 aliphatic carbocycles. The Morgan fingerprint density at radius 3 is 1.48 bits per heavy atom. The SMILES string of the molecule is CCCC(=O)OCCOCCOCCOCCOCCC(=O)OCC. The second-order valence-corrected chi connectivity index (χ2v) is 4.97. The summed E-state index contributed by atoms with van der Waals surface area (Å²) in [5.41, 5.74) is 0. The third kappa shape index (κ3) is 19.0. The number of esters is 2. The minimum atomic E-state index is -0.252. The van der Waals surface area contributed by atoms with Crippen molar-refractivity contribution < 1.29 is 38.0 Å². The first-order valence-electron chi connectivity index (χ1n) is 8.82. The van der Waals surface area contributed by atoms with E-state index in [9.17, 15) is 9.59 Å². The van der Waals surface area contributed by atoms with Gasteiger partial charge in [-0.3, -0.25) is 9.59 Å². The molecule has 0 amide bonds. The fraction of sp³-hybridized carbons (Fsp3) is 0.882. The lowest BCUT2D eigenvalue weighted by molar-refractivity contribution is -0.145. The molecule has 0 aromatic rings. The predicted molar refractivity (Wildman–Crippen MR) is 90.4 cm³/mol. The normalized spacial score (nSPS) is 10.6. The monoisotopic (exact) mass is 364 g/mol. The van der Waals surface area contributed by atoms with Crippen molar-refractivity contribution in [1.82, 2.24) is 0 Å². The van der Waals surface area contributed by atoms with E-state index in [1.165, 1.54) is 0 Å². The lowest BCUT2D eigenvalue weighted by Crippen LogP contribution is -2.15. The van der Waals surface area contributed by atoms with Crippen molar-refractivity contribution >= 4 is 11.9 Å². The number of hydrogen-bond donors (Lipinski definition) is 0. The average Bonchev–Trinajstić information content (AvgIpc) is 2.58. The summed E-state index contributed by atoms with van der Waals surface area (Å²) < 4.78 is 30.9. The van der Waals surface area contributed by atoms with Gasteiger partial charge in [-0.2, -0.15) is 0 Å². The molecule has 0 atom stereocenters. The van der Waals surface area contributed by atoms with Crippen LogP contribution >= 0.6 is 0 Å². The summed E-state index contributed by atoms with van der Waals surface area (Å²) in [4.78, 5) is 22.1. The molecule has 0 aromatic carbocycles. The smallest absolute Gasteiger partial charge is 0.308 e. The van der Waals surface area contributed by atoms with Gasteiger partial charge in [-0.1, -0.05) is 6.92 Å². The molecule has 0 aliphatic heterocycles. The van der Waals surface area contributed by atoms with E-state index in [-0.39, 0.29) is 25.0 Å². The van der Waals surface area contributed by atoms with Gasteiger partial charge < -0.3 is 28.4 Å². The van der Waals surface area contributed by atoms with Crippen LogP contribution in [-0.4, -0.2) is 78.0 Å². The van der Waals surface area contributed by atoms with Gasteiger partial charge in [0, 0.05) is 6.42 Å². The third-order valence-electron chi connectivity index (χ3n) is 2.82. The van der Waals surface area contributed by atoms with Crippen LogP contribution in [0.4, 0.5) is 0 Å². The van der Waals surface area contributed by atoms with Gasteiger partial charge in [0.25, 0.3) is 0 Å². The van der Waals surface area contributed by atoms with Crippen molar-refractivity contribution in [2.45, 2.75) is 33.1 Å². The van der Waals surface area contributed by atoms with Crippen LogP contribution in [0.2, 0.25) is 0 Å². The molecule has 0 saturated carbocycles. The number of carbonyl (C=O) groups excluding carboxylic acids is 2. The van der Waals surface area contributed by atoms with E-state index in [1.807, 2.05) is 6.92 Å². The van der Waals surface area contributed by atoms with Crippen LogP contribution in [0.1, 0.15) is 33.1 Å². The van der Waals surface area contributed by atoms with Gasteiger partial charge in [-0.15, -0.1) is 0 Å². The number of ether oxygens (including phenoxy) is 6. The molecule has 8 heteroatoms. The van der Waals surface area contributed by atoms with Gasteiger partial charge >= 0.3 is 11.9 Å². The molecule has 0 spiro atoms. The van der Waals surface area contributed by atoms with E-state index in [2.05, 4.69) is 0 Å². The lowest BCUT2D eigenvalue weighted by atomic mass is 10.3. The number of rotatable bonds is 18. The van der Waals surface area contributed by atoms with E-state index in [0.29, 0.717) is 65.9 Å². The molecular weight excluding hydrogens is 332 g/mol. The maximum Gasteiger partial charge on any atom is 0.308 e. The Morgan fingerprint density at radius 1 is 0.560 bits per heavy atom. The van der Waals surface area contributed by atoms with Crippen molar-refractivity contribution in [2.24, 2.45) is 0 Å². The van der Waals surface area contributed by atoms with Gasteiger partial charge in [-0.25, -0.2) is 0 Å². The summed E-state index contributed by atoms with van der Waals surface area (Å²) in [6.45, 7) is 7.80. The molecule has 0 unspecified atom stereocenters. The summed E-state index contributed by atoms with van der Waals surface area (Å²) in [6, 6.07) is 0. The number of carbonyl (C=O) groups is 2. The van der Waals surface area contributed by atoms with Crippen LogP contribution < -0.4 is 0 Å². The molecule has 0 radical (unpaired) electrons. The van der Waals surface area contributed by atoms with Crippen LogP contribution in [0, 0.1) is 0 Å². The van der Waals surface area contributed by atoms with E-state index in [0.717, 1.165) is 6.42 Å². The highest BCUT2D eigenvalue weighted by atomic mass is 16.6. The molecule has 25 heavy (non-hydrogen) atoms. The molecule has 148 valence electrons. The van der Waals surface area contributed by atoms with Crippen molar-refractivity contribution in [3.63, 3.8) is 0 Å². The molecule has 0 fully saturated rings. The first-order valence-corrected chi connectivity index (χ1v) is 8.82. The van der Waals surface area contributed by atoms with E-state index >= 15 is 0 Å². The zero-order chi connectivity index (χ0) is 18.6. The molecule has 0 N–H and O–H groups in total. The van der Waals surface area contributed by atoms with Gasteiger partial charge in [0.2, 0.25) is 0 Å². The van der Waals surface area contributed by atoms with Crippen molar-refractivity contribution in [3.8, 4) is 0 Å². The van der Waals surface area contributed by atoms with Crippen molar-refractivity contribution in [1.29, 1.82) is 0 Å². The standard InChI is InChI=1S/C17H32O8/c1-3-5-16(18)25-15-14-23-13-12-22-11-10-21-9-8-20-7-6-17(19)24-4-2/h3-15H2,1-2H3. The predicted octanol–water partition coefficient (Wildman–Crippen LogP) is 1.35. The highest BCUT2D eigenvalue weighted by Gasteiger charge is 2.01. The summed E-state index contributed by atoms with van der Waals surface area (Å²) in [7, 11) is 0. The second-order valence-electron chi connectivity index (χ2n) is 4.97. The van der Waals surface area contributed by atoms with Crippen LogP contribution in [0.15, 0.2) is 0 Å². The van der Waals surface area contributed by atoms with E-state index in [4.69, 9.17) is 28.4 Å². The van der Waals surface area contributed by atoms with E-state index < -0.39 is 0 Å². The Balaban J connectivity index is 3.09. The quantitative estimate of drug-likeness (QED) is 0.266. The summed E-state index contributed by atoms with van der Waals surface area (Å²) >= 11 is 0. The van der Waals surface area contributed by atoms with Crippen molar-refractivity contribution in [3.05, 3.63) is 0 Å². The summed E-state index contributed by atoms with van der Waals surface area (Å²) in [5, 5.41) is 0. The first kappa shape index (κ1) is 23.8. The zero-order valence-electron chi connectivity index (χ0n) is 15.5. The fourth-order valence-corrected chi connectivity index (χ4v) is 1.64. The molecule has 0 aromatic heterocycles. The maximum absolute atomic E-state index is 11.1. The topological polar surface area (TPSA) is 89.5 Å². The molecular formula is C17H32O8. The summed E-state index contributed by atoms with van der Waals surface area (Å²) in [6.07, 6.45) is 1.49. The van der Waals surface area contributed by atoms with Crippen LogP contribution in [0.5, 0.6) is 0 Å². The maximum atomic E-state index is 11.1. The zero-order valence-corrected chi connectivity index (χ0v) is 15.5. The highest BCUT2D eigenvalue weighted by Crippen LogP contribution is 1.91. The Hall–Kier alpha value is -1.22. The van der Waals surface area contributed by atoms with Crippen LogP contribution in [0.3, 0.4) is 0 Å². The molecule has 0 bridgehead atoms. The Bertz CT molecular complexity index is 292. The Morgan fingerprint density at radius 2 is 1.00 bits per heavy atom. The largest absolute Gasteiger partial charge is 0.466 e. The number of hydrogen-bond acceptors (Lipinski definition) is 8. The highest BCUT2D eigenvalue weighted by molar-refractivity contribution is 5.69. The van der Waals surface area contributed by atoms with Crippen molar-refractivity contribution in [2.75, 3.05) is 66.1 Å². The van der Waals surface area contributed by atoms with Gasteiger partial charge in [0.05, 0.1) is 65.9 Å². The van der Waals surface area contributed by atoms with Gasteiger partial charge in [0.1, 0.15) is 6.61 Å². The fourth-order valence-electron chi connectivity index (χ4n) is 1.64. The molecule has 0 aliphatic rings. The molecule has 0 rings (SSSR count). The van der Waals surface area contributed by atoms with Gasteiger partial charge in [-0.05, 0) is 13.3 Å². The molecule has 0 saturated heterocycles. The van der Waals surface area contributed by atoms with E-state index in [1.54, 1.807) is 6.92 Å². The minimum Gasteiger partial charge on any atom is -0.466 e. The van der Waals surface area contributed by atoms with Gasteiger partial charge in [0.15, 0.2) is 0 Å². The second kappa shape index (κ2) is 19.1. The molecule has 8 nitrogen and oxygen atoms in total. The van der Waals surface area contributed by atoms with Crippen LogP contribution in [0.25, 0.3) is 0 Å². The summed E-state index contributed by atoms with van der Waals surface area (Å²) in [5.74, 6) is -0.442. The Kier molecular flexibility index (Phi) is 18.2. The third-order valence-corrected chi connectivity index (χ3v) is 2.82. The van der Waals surface area contributed by atoms with Crippen LogP contribution in [-0.2, 0) is 38.0 Å². The first-order chi connectivity index (χ1) is 12.2. The molecule has 0 heterocycles.